The van der Waals surface area contributed by atoms with Gasteiger partial charge in [0.05, 0.1) is 18.6 Å². The molecule has 1 amide bonds. The monoisotopic (exact) mass is 351 g/mol. The molecule has 26 heavy (non-hydrogen) atoms. The number of carbonyl (C=O) groups is 1. The van der Waals surface area contributed by atoms with Crippen molar-refractivity contribution >= 4 is 5.91 Å². The van der Waals surface area contributed by atoms with Gasteiger partial charge in [0.15, 0.2) is 0 Å². The molecule has 7 heteroatoms. The van der Waals surface area contributed by atoms with Crippen molar-refractivity contribution in [1.29, 1.82) is 0 Å². The predicted octanol–water partition coefficient (Wildman–Crippen LogP) is 1.60. The lowest BCUT2D eigenvalue weighted by Gasteiger charge is -2.08. The zero-order chi connectivity index (χ0) is 18.5. The summed E-state index contributed by atoms with van der Waals surface area (Å²) in [5.41, 5.74) is 4.13. The lowest BCUT2D eigenvalue weighted by Crippen LogP contribution is -2.26. The minimum absolute atomic E-state index is 0.148. The first-order valence-corrected chi connectivity index (χ1v) is 8.43. The quantitative estimate of drug-likeness (QED) is 0.705. The summed E-state index contributed by atoms with van der Waals surface area (Å²) in [6.45, 7) is 5.01. The van der Waals surface area contributed by atoms with Gasteiger partial charge in [-0.1, -0.05) is 12.1 Å². The van der Waals surface area contributed by atoms with E-state index in [9.17, 15) is 9.59 Å². The highest BCUT2D eigenvalue weighted by molar-refractivity contribution is 5.94. The molecule has 0 fully saturated rings. The van der Waals surface area contributed by atoms with Crippen molar-refractivity contribution in [3.05, 3.63) is 81.3 Å². The van der Waals surface area contributed by atoms with E-state index in [1.54, 1.807) is 6.07 Å². The SMILES string of the molecule is Cc1cc(C)n(Cc2cccc(C(=O)NCCc3cc(=O)[nH]cn3)c2)n1. The third-order valence-electron chi connectivity index (χ3n) is 4.03. The summed E-state index contributed by atoms with van der Waals surface area (Å²) in [5, 5.41) is 7.31. The summed E-state index contributed by atoms with van der Waals surface area (Å²) in [7, 11) is 0. The summed E-state index contributed by atoms with van der Waals surface area (Å²) in [6.07, 6.45) is 1.86. The van der Waals surface area contributed by atoms with Gasteiger partial charge in [0.1, 0.15) is 0 Å². The van der Waals surface area contributed by atoms with Gasteiger partial charge in [-0.25, -0.2) is 4.98 Å². The van der Waals surface area contributed by atoms with Gasteiger partial charge >= 0.3 is 0 Å². The zero-order valence-electron chi connectivity index (χ0n) is 14.8. The summed E-state index contributed by atoms with van der Waals surface area (Å²) < 4.78 is 1.92. The van der Waals surface area contributed by atoms with Crippen LogP contribution in [0.25, 0.3) is 0 Å². The van der Waals surface area contributed by atoms with E-state index in [-0.39, 0.29) is 11.5 Å². The Morgan fingerprint density at radius 2 is 2.08 bits per heavy atom. The average Bonchev–Trinajstić information content (AvgIpc) is 2.92. The normalized spacial score (nSPS) is 10.7. The fourth-order valence-electron chi connectivity index (χ4n) is 2.77. The smallest absolute Gasteiger partial charge is 0.251 e. The molecular formula is C19H21N5O2. The Hall–Kier alpha value is -3.22. The Morgan fingerprint density at radius 1 is 1.23 bits per heavy atom. The second kappa shape index (κ2) is 7.77. The molecule has 3 rings (SSSR count). The van der Waals surface area contributed by atoms with Crippen molar-refractivity contribution in [3.63, 3.8) is 0 Å². The second-order valence-electron chi connectivity index (χ2n) is 6.19. The molecule has 0 aliphatic rings. The highest BCUT2D eigenvalue weighted by Gasteiger charge is 2.08. The van der Waals surface area contributed by atoms with E-state index in [0.717, 1.165) is 17.0 Å². The summed E-state index contributed by atoms with van der Waals surface area (Å²) in [4.78, 5) is 30.1. The Labute approximate surface area is 151 Å². The number of hydrogen-bond donors (Lipinski definition) is 2. The van der Waals surface area contributed by atoms with Crippen LogP contribution in [-0.2, 0) is 13.0 Å². The molecule has 0 unspecified atom stereocenters. The Morgan fingerprint density at radius 3 is 2.81 bits per heavy atom. The molecule has 134 valence electrons. The van der Waals surface area contributed by atoms with Gasteiger partial charge in [-0.15, -0.1) is 0 Å². The summed E-state index contributed by atoms with van der Waals surface area (Å²) >= 11 is 0. The number of aromatic amines is 1. The van der Waals surface area contributed by atoms with E-state index in [4.69, 9.17) is 0 Å². The maximum Gasteiger partial charge on any atom is 0.251 e. The van der Waals surface area contributed by atoms with Crippen LogP contribution < -0.4 is 10.9 Å². The van der Waals surface area contributed by atoms with Crippen molar-refractivity contribution in [2.24, 2.45) is 0 Å². The third-order valence-corrected chi connectivity index (χ3v) is 4.03. The number of aromatic nitrogens is 4. The second-order valence-corrected chi connectivity index (χ2v) is 6.19. The number of amides is 1. The van der Waals surface area contributed by atoms with E-state index in [1.807, 2.05) is 42.8 Å². The van der Waals surface area contributed by atoms with Gasteiger partial charge in [-0.3, -0.25) is 14.3 Å². The largest absolute Gasteiger partial charge is 0.352 e. The zero-order valence-corrected chi connectivity index (χ0v) is 14.8. The van der Waals surface area contributed by atoms with Crippen molar-refractivity contribution in [1.82, 2.24) is 25.1 Å². The van der Waals surface area contributed by atoms with Gasteiger partial charge in [-0.05, 0) is 37.6 Å². The number of rotatable bonds is 6. The molecule has 0 atom stereocenters. The molecule has 3 aromatic rings. The maximum absolute atomic E-state index is 12.4. The van der Waals surface area contributed by atoms with Crippen LogP contribution in [0.1, 0.15) is 33.0 Å². The van der Waals surface area contributed by atoms with Crippen molar-refractivity contribution < 1.29 is 4.79 Å². The molecule has 2 N–H and O–H groups in total. The van der Waals surface area contributed by atoms with E-state index in [2.05, 4.69) is 20.4 Å². The van der Waals surface area contributed by atoms with Crippen LogP contribution in [0.15, 0.2) is 47.5 Å². The fourth-order valence-corrected chi connectivity index (χ4v) is 2.77. The number of carbonyl (C=O) groups excluding carboxylic acids is 1. The van der Waals surface area contributed by atoms with Gasteiger partial charge in [0.25, 0.3) is 11.5 Å². The number of nitrogens with zero attached hydrogens (tertiary/aromatic N) is 3. The lowest BCUT2D eigenvalue weighted by molar-refractivity contribution is 0.0954. The molecule has 0 aliphatic carbocycles. The van der Waals surface area contributed by atoms with E-state index < -0.39 is 0 Å². The van der Waals surface area contributed by atoms with Gasteiger partial charge in [-0.2, -0.15) is 5.10 Å². The van der Waals surface area contributed by atoms with Gasteiger partial charge < -0.3 is 10.3 Å². The number of H-pyrrole nitrogens is 1. The van der Waals surface area contributed by atoms with Crippen LogP contribution in [0.2, 0.25) is 0 Å². The van der Waals surface area contributed by atoms with Crippen molar-refractivity contribution in [2.45, 2.75) is 26.8 Å². The fraction of sp³-hybridized carbons (Fsp3) is 0.263. The molecule has 0 saturated heterocycles. The van der Waals surface area contributed by atoms with Crippen LogP contribution in [0.4, 0.5) is 0 Å². The van der Waals surface area contributed by atoms with Crippen LogP contribution in [0.3, 0.4) is 0 Å². The predicted molar refractivity (Wildman–Crippen MR) is 98.1 cm³/mol. The minimum atomic E-state index is -0.196. The highest BCUT2D eigenvalue weighted by Crippen LogP contribution is 2.10. The van der Waals surface area contributed by atoms with Crippen molar-refractivity contribution in [3.8, 4) is 0 Å². The summed E-state index contributed by atoms with van der Waals surface area (Å²) in [6, 6.07) is 11.0. The van der Waals surface area contributed by atoms with Gasteiger partial charge in [0.2, 0.25) is 0 Å². The molecule has 0 spiro atoms. The molecule has 2 aromatic heterocycles. The molecule has 0 saturated carbocycles. The first kappa shape index (κ1) is 17.6. The van der Waals surface area contributed by atoms with Crippen LogP contribution in [-0.4, -0.2) is 32.2 Å². The molecular weight excluding hydrogens is 330 g/mol. The van der Waals surface area contributed by atoms with Crippen LogP contribution >= 0.6 is 0 Å². The minimum Gasteiger partial charge on any atom is -0.352 e. The standard InChI is InChI=1S/C19H21N5O2/c1-13-8-14(2)24(23-13)11-15-4-3-5-16(9-15)19(26)20-7-6-17-10-18(25)22-12-21-17/h3-5,8-10,12H,6-7,11H2,1-2H3,(H,20,26)(H,21,22,25). The van der Waals surface area contributed by atoms with Crippen molar-refractivity contribution in [2.75, 3.05) is 6.54 Å². The van der Waals surface area contributed by atoms with E-state index in [0.29, 0.717) is 30.8 Å². The molecule has 0 bridgehead atoms. The molecule has 0 radical (unpaired) electrons. The molecule has 7 nitrogen and oxygen atoms in total. The molecule has 2 heterocycles. The maximum atomic E-state index is 12.4. The Bertz CT molecular complexity index is 974. The number of benzene rings is 1. The Balaban J connectivity index is 1.61. The molecule has 1 aromatic carbocycles. The topological polar surface area (TPSA) is 92.7 Å². The summed E-state index contributed by atoms with van der Waals surface area (Å²) in [5.74, 6) is -0.148. The van der Waals surface area contributed by atoms with Crippen LogP contribution in [0.5, 0.6) is 0 Å². The first-order valence-electron chi connectivity index (χ1n) is 8.43. The lowest BCUT2D eigenvalue weighted by atomic mass is 10.1. The number of aryl methyl sites for hydroxylation is 2. The third kappa shape index (κ3) is 4.44. The van der Waals surface area contributed by atoms with E-state index >= 15 is 0 Å². The first-order chi connectivity index (χ1) is 12.5. The van der Waals surface area contributed by atoms with Gasteiger partial charge in [0, 0.05) is 36.0 Å². The van der Waals surface area contributed by atoms with E-state index in [1.165, 1.54) is 12.4 Å². The number of hydrogen-bond acceptors (Lipinski definition) is 4. The van der Waals surface area contributed by atoms with Crippen LogP contribution in [0, 0.1) is 13.8 Å². The Kier molecular flexibility index (Phi) is 5.26. The molecule has 0 aliphatic heterocycles. The highest BCUT2D eigenvalue weighted by atomic mass is 16.1. The average molecular weight is 351 g/mol. The number of nitrogens with one attached hydrogen (secondary N) is 2.